The Morgan fingerprint density at radius 2 is 1.79 bits per heavy atom. The Kier molecular flexibility index (Phi) is 8.51. The molecule has 2 aromatic carbocycles. The minimum atomic E-state index is -0.918. The lowest BCUT2D eigenvalue weighted by atomic mass is 9.95. The summed E-state index contributed by atoms with van der Waals surface area (Å²) in [5, 5.41) is 0.575. The zero-order valence-corrected chi connectivity index (χ0v) is 21.5. The number of likely N-dealkylation sites (tertiary alicyclic amines) is 1. The monoisotopic (exact) mass is 548 g/mol. The predicted molar refractivity (Wildman–Crippen MR) is 135 cm³/mol. The Labute approximate surface area is 214 Å². The highest BCUT2D eigenvalue weighted by Gasteiger charge is 2.42. The van der Waals surface area contributed by atoms with E-state index < -0.39 is 5.60 Å². The number of piperidine rings is 1. The lowest BCUT2D eigenvalue weighted by Crippen LogP contribution is -2.58. The predicted octanol–water partition coefficient (Wildman–Crippen LogP) is 4.72. The van der Waals surface area contributed by atoms with Gasteiger partial charge in [0.2, 0.25) is 11.8 Å². The number of halogens is 2. The topological polar surface area (TPSA) is 59.1 Å². The van der Waals surface area contributed by atoms with Gasteiger partial charge in [0.15, 0.2) is 0 Å². The molecule has 0 unspecified atom stereocenters. The number of amides is 2. The van der Waals surface area contributed by atoms with E-state index in [0.717, 1.165) is 42.4 Å². The van der Waals surface area contributed by atoms with Crippen LogP contribution in [0.4, 0.5) is 0 Å². The van der Waals surface area contributed by atoms with Gasteiger partial charge in [0.05, 0.1) is 26.0 Å². The van der Waals surface area contributed by atoms with Crippen LogP contribution in [0.2, 0.25) is 5.02 Å². The lowest BCUT2D eigenvalue weighted by Gasteiger charge is -2.43. The lowest BCUT2D eigenvalue weighted by molar-refractivity contribution is -0.166. The fraction of sp³-hybridized carbons (Fsp3) is 0.462. The van der Waals surface area contributed by atoms with Crippen LogP contribution in [0.25, 0.3) is 0 Å². The van der Waals surface area contributed by atoms with Gasteiger partial charge in [-0.2, -0.15) is 0 Å². The molecular weight excluding hydrogens is 520 g/mol. The smallest absolute Gasteiger partial charge is 0.227 e. The Bertz CT molecular complexity index is 1010. The highest BCUT2D eigenvalue weighted by Crippen LogP contribution is 2.28. The zero-order chi connectivity index (χ0) is 24.0. The van der Waals surface area contributed by atoms with Crippen LogP contribution in [0, 0.1) is 0 Å². The van der Waals surface area contributed by atoms with Crippen LogP contribution in [-0.2, 0) is 20.7 Å². The van der Waals surface area contributed by atoms with Crippen LogP contribution in [0.3, 0.4) is 0 Å². The van der Waals surface area contributed by atoms with Crippen molar-refractivity contribution in [3.63, 3.8) is 0 Å². The first kappa shape index (κ1) is 25.0. The number of hydrogen-bond donors (Lipinski definition) is 0. The molecule has 6 nitrogen and oxygen atoms in total. The molecule has 2 saturated heterocycles. The van der Waals surface area contributed by atoms with E-state index in [-0.39, 0.29) is 31.3 Å². The molecule has 0 radical (unpaired) electrons. The fourth-order valence-corrected chi connectivity index (χ4v) is 5.13. The number of morpholine rings is 1. The van der Waals surface area contributed by atoms with Gasteiger partial charge in [-0.3, -0.25) is 9.59 Å². The minimum Gasteiger partial charge on any atom is -0.490 e. The van der Waals surface area contributed by atoms with Crippen LogP contribution in [0.5, 0.6) is 5.75 Å². The van der Waals surface area contributed by atoms with Crippen molar-refractivity contribution in [3.05, 3.63) is 63.6 Å². The van der Waals surface area contributed by atoms with Crippen LogP contribution in [0.15, 0.2) is 53.0 Å². The van der Waals surface area contributed by atoms with Crippen molar-refractivity contribution in [1.29, 1.82) is 0 Å². The van der Waals surface area contributed by atoms with Crippen LogP contribution >= 0.6 is 27.5 Å². The maximum atomic E-state index is 13.2. The maximum absolute atomic E-state index is 13.2. The summed E-state index contributed by atoms with van der Waals surface area (Å²) >= 11 is 9.64. The van der Waals surface area contributed by atoms with Gasteiger partial charge in [-0.15, -0.1) is 0 Å². The summed E-state index contributed by atoms with van der Waals surface area (Å²) in [4.78, 5) is 30.1. The van der Waals surface area contributed by atoms with Crippen LogP contribution in [-0.4, -0.2) is 66.6 Å². The summed E-state index contributed by atoms with van der Waals surface area (Å²) in [5.41, 5.74) is 0.0164. The van der Waals surface area contributed by atoms with E-state index in [1.54, 1.807) is 17.0 Å². The molecule has 34 heavy (non-hydrogen) atoms. The highest BCUT2D eigenvalue weighted by atomic mass is 79.9. The van der Waals surface area contributed by atoms with E-state index in [1.807, 2.05) is 41.3 Å². The molecule has 2 heterocycles. The standard InChI is InChI=1S/C26H30BrClN2O4/c27-23-10-3-2-7-20(23)15-24(31)30-13-14-34-26(18-30,17-25(32)29-11-4-1-5-12-29)19-33-22-9-6-8-21(28)16-22/h2-3,6-10,16H,1,4-5,11-15,17-19H2/t26-/m1/s1. The summed E-state index contributed by atoms with van der Waals surface area (Å²) in [5.74, 6) is 0.666. The molecule has 0 bridgehead atoms. The average Bonchev–Trinajstić information content (AvgIpc) is 2.85. The van der Waals surface area contributed by atoms with Gasteiger partial charge in [0.25, 0.3) is 0 Å². The van der Waals surface area contributed by atoms with Crippen LogP contribution in [0.1, 0.15) is 31.2 Å². The third-order valence-corrected chi connectivity index (χ3v) is 7.39. The highest BCUT2D eigenvalue weighted by molar-refractivity contribution is 9.10. The Balaban J connectivity index is 1.50. The molecule has 8 heteroatoms. The summed E-state index contributed by atoms with van der Waals surface area (Å²) in [7, 11) is 0. The number of ether oxygens (including phenoxy) is 2. The summed E-state index contributed by atoms with van der Waals surface area (Å²) in [6.45, 7) is 2.85. The molecule has 0 N–H and O–H groups in total. The molecule has 2 amide bonds. The van der Waals surface area contributed by atoms with Gasteiger partial charge < -0.3 is 19.3 Å². The summed E-state index contributed by atoms with van der Waals surface area (Å²) < 4.78 is 13.2. The maximum Gasteiger partial charge on any atom is 0.227 e. The molecule has 0 aliphatic carbocycles. The van der Waals surface area contributed by atoms with Crippen molar-refractivity contribution in [2.45, 2.75) is 37.7 Å². The van der Waals surface area contributed by atoms with E-state index in [4.69, 9.17) is 21.1 Å². The van der Waals surface area contributed by atoms with Gasteiger partial charge in [-0.1, -0.05) is 51.8 Å². The van der Waals surface area contributed by atoms with E-state index in [2.05, 4.69) is 15.9 Å². The van der Waals surface area contributed by atoms with Crippen LogP contribution < -0.4 is 4.74 Å². The third-order valence-electron chi connectivity index (χ3n) is 6.38. The van der Waals surface area contributed by atoms with Gasteiger partial charge in [0.1, 0.15) is 18.0 Å². The zero-order valence-electron chi connectivity index (χ0n) is 19.2. The number of carbonyl (C=O) groups excluding carboxylic acids is 2. The quantitative estimate of drug-likeness (QED) is 0.501. The van der Waals surface area contributed by atoms with Crippen molar-refractivity contribution in [2.75, 3.05) is 39.4 Å². The molecule has 2 aliphatic rings. The molecule has 2 aromatic rings. The Morgan fingerprint density at radius 1 is 1.00 bits per heavy atom. The van der Waals surface area contributed by atoms with Crippen molar-refractivity contribution in [3.8, 4) is 5.75 Å². The molecule has 0 saturated carbocycles. The van der Waals surface area contributed by atoms with Gasteiger partial charge in [-0.05, 0) is 49.1 Å². The average molecular weight is 550 g/mol. The third kappa shape index (κ3) is 6.52. The van der Waals surface area contributed by atoms with Gasteiger partial charge in [0, 0.05) is 29.1 Å². The Morgan fingerprint density at radius 3 is 2.56 bits per heavy atom. The van der Waals surface area contributed by atoms with Crippen molar-refractivity contribution < 1.29 is 19.1 Å². The molecular formula is C26H30BrClN2O4. The SMILES string of the molecule is O=C(C[C@]1(COc2cccc(Cl)c2)CN(C(=O)Cc2ccccc2Br)CCO1)N1CCCCC1. The molecule has 0 aromatic heterocycles. The second-order valence-electron chi connectivity index (χ2n) is 8.98. The first-order chi connectivity index (χ1) is 16.4. The second-order valence-corrected chi connectivity index (χ2v) is 10.3. The molecule has 2 fully saturated rings. The number of rotatable bonds is 7. The van der Waals surface area contributed by atoms with Crippen molar-refractivity contribution >= 4 is 39.3 Å². The fourth-order valence-electron chi connectivity index (χ4n) is 4.52. The number of nitrogens with zero attached hydrogens (tertiary/aromatic N) is 2. The van der Waals surface area contributed by atoms with Gasteiger partial charge >= 0.3 is 0 Å². The van der Waals surface area contributed by atoms with Gasteiger partial charge in [-0.25, -0.2) is 0 Å². The summed E-state index contributed by atoms with van der Waals surface area (Å²) in [6, 6.07) is 14.9. The second kappa shape index (κ2) is 11.6. The molecule has 0 spiro atoms. The normalized spacial score (nSPS) is 20.8. The molecule has 4 rings (SSSR count). The van der Waals surface area contributed by atoms with E-state index >= 15 is 0 Å². The van der Waals surface area contributed by atoms with Crippen molar-refractivity contribution in [1.82, 2.24) is 9.80 Å². The number of hydrogen-bond acceptors (Lipinski definition) is 4. The van der Waals surface area contributed by atoms with Crippen molar-refractivity contribution in [2.24, 2.45) is 0 Å². The van der Waals surface area contributed by atoms with E-state index in [1.165, 1.54) is 0 Å². The van der Waals surface area contributed by atoms with E-state index in [0.29, 0.717) is 30.5 Å². The number of carbonyl (C=O) groups is 2. The Hall–Kier alpha value is -2.09. The molecule has 1 atom stereocenters. The van der Waals surface area contributed by atoms with E-state index in [9.17, 15) is 9.59 Å². The number of benzene rings is 2. The molecule has 182 valence electrons. The summed E-state index contributed by atoms with van der Waals surface area (Å²) in [6.07, 6.45) is 3.66. The minimum absolute atomic E-state index is 0.00718. The first-order valence-electron chi connectivity index (χ1n) is 11.8. The largest absolute Gasteiger partial charge is 0.490 e. The first-order valence-corrected chi connectivity index (χ1v) is 12.9. The molecule has 2 aliphatic heterocycles.